The first kappa shape index (κ1) is 28.1. The smallest absolute Gasteiger partial charge is 0.263 e. The van der Waals surface area contributed by atoms with E-state index >= 15 is 0 Å². The van der Waals surface area contributed by atoms with E-state index in [1.165, 1.54) is 16.0 Å². The Balaban J connectivity index is 1.43. The predicted molar refractivity (Wildman–Crippen MR) is 182 cm³/mol. The van der Waals surface area contributed by atoms with Crippen LogP contribution in [0.15, 0.2) is 109 Å². The van der Waals surface area contributed by atoms with E-state index in [1.807, 2.05) is 72.8 Å². The molecule has 5 aromatic carbocycles. The van der Waals surface area contributed by atoms with E-state index in [0.29, 0.717) is 16.8 Å². The SMILES string of the molecule is CC(C)(C)c1ccc2c(c1)c1cc(C(C)(C)C)ccc1n2-c1cccc2c1C(=O)N(c1cccc(-c3ccccc3)c1)C2O. The van der Waals surface area contributed by atoms with Crippen molar-refractivity contribution in [3.8, 4) is 16.8 Å². The van der Waals surface area contributed by atoms with Gasteiger partial charge in [-0.3, -0.25) is 9.69 Å². The van der Waals surface area contributed by atoms with Gasteiger partial charge < -0.3 is 9.67 Å². The van der Waals surface area contributed by atoms with E-state index < -0.39 is 6.23 Å². The summed E-state index contributed by atoms with van der Waals surface area (Å²) in [5, 5.41) is 13.9. The van der Waals surface area contributed by atoms with Gasteiger partial charge in [0.25, 0.3) is 5.91 Å². The van der Waals surface area contributed by atoms with Gasteiger partial charge in [0.15, 0.2) is 6.23 Å². The first-order chi connectivity index (χ1) is 20.9. The predicted octanol–water partition coefficient (Wildman–Crippen LogP) is 9.70. The van der Waals surface area contributed by atoms with Crippen molar-refractivity contribution in [3.63, 3.8) is 0 Å². The van der Waals surface area contributed by atoms with Gasteiger partial charge in [0.05, 0.1) is 22.3 Å². The summed E-state index contributed by atoms with van der Waals surface area (Å²) in [5.41, 5.74) is 9.24. The molecule has 44 heavy (non-hydrogen) atoms. The fourth-order valence-corrected chi connectivity index (χ4v) is 6.50. The van der Waals surface area contributed by atoms with Crippen molar-refractivity contribution in [2.45, 2.75) is 58.6 Å². The van der Waals surface area contributed by atoms with Crippen molar-refractivity contribution >= 4 is 33.4 Å². The Kier molecular flexibility index (Phi) is 6.35. The quantitative estimate of drug-likeness (QED) is 0.227. The first-order valence-electron chi connectivity index (χ1n) is 15.3. The highest BCUT2D eigenvalue weighted by molar-refractivity contribution is 6.15. The van der Waals surface area contributed by atoms with Crippen LogP contribution in [0.5, 0.6) is 0 Å². The molecule has 1 amide bonds. The van der Waals surface area contributed by atoms with Gasteiger partial charge >= 0.3 is 0 Å². The van der Waals surface area contributed by atoms with Crippen LogP contribution in [0.2, 0.25) is 0 Å². The number of hydrogen-bond acceptors (Lipinski definition) is 2. The normalized spacial score (nSPS) is 15.4. The van der Waals surface area contributed by atoms with Crippen molar-refractivity contribution < 1.29 is 9.90 Å². The highest BCUT2D eigenvalue weighted by Gasteiger charge is 2.39. The molecule has 0 fully saturated rings. The lowest BCUT2D eigenvalue weighted by Crippen LogP contribution is -2.27. The van der Waals surface area contributed by atoms with Gasteiger partial charge in [-0.05, 0) is 75.5 Å². The van der Waals surface area contributed by atoms with Crippen LogP contribution in [0.3, 0.4) is 0 Å². The molecule has 4 heteroatoms. The average Bonchev–Trinajstić information content (AvgIpc) is 3.47. The molecule has 1 aliphatic heterocycles. The number of aliphatic hydroxyl groups excluding tert-OH is 1. The lowest BCUT2D eigenvalue weighted by Gasteiger charge is -2.21. The van der Waals surface area contributed by atoms with Crippen LogP contribution in [-0.4, -0.2) is 15.6 Å². The lowest BCUT2D eigenvalue weighted by molar-refractivity contribution is 0.0935. The van der Waals surface area contributed by atoms with Gasteiger partial charge in [0.2, 0.25) is 0 Å². The molecular formula is C40H38N2O2. The number of amides is 1. The lowest BCUT2D eigenvalue weighted by atomic mass is 9.85. The number of rotatable bonds is 3. The molecule has 0 saturated carbocycles. The van der Waals surface area contributed by atoms with Gasteiger partial charge in [-0.1, -0.05) is 108 Å². The topological polar surface area (TPSA) is 45.5 Å². The van der Waals surface area contributed by atoms with Crippen LogP contribution in [0.1, 0.15) is 74.8 Å². The zero-order chi connectivity index (χ0) is 31.0. The van der Waals surface area contributed by atoms with E-state index in [-0.39, 0.29) is 16.7 Å². The van der Waals surface area contributed by atoms with Crippen molar-refractivity contribution in [2.75, 3.05) is 4.90 Å². The highest BCUT2D eigenvalue weighted by Crippen LogP contribution is 2.43. The van der Waals surface area contributed by atoms with Crippen LogP contribution in [0.25, 0.3) is 38.6 Å². The third kappa shape index (κ3) is 4.44. The fraction of sp³-hybridized carbons (Fsp3) is 0.225. The van der Waals surface area contributed by atoms with Crippen LogP contribution in [0, 0.1) is 0 Å². The second-order valence-electron chi connectivity index (χ2n) is 14.0. The number of nitrogens with zero attached hydrogens (tertiary/aromatic N) is 2. The second kappa shape index (κ2) is 9.93. The number of carbonyl (C=O) groups is 1. The average molecular weight is 579 g/mol. The van der Waals surface area contributed by atoms with Gasteiger partial charge in [-0.2, -0.15) is 0 Å². The van der Waals surface area contributed by atoms with Crippen molar-refractivity contribution in [1.82, 2.24) is 4.57 Å². The van der Waals surface area contributed by atoms with Gasteiger partial charge in [0.1, 0.15) is 0 Å². The second-order valence-corrected chi connectivity index (χ2v) is 14.0. The summed E-state index contributed by atoms with van der Waals surface area (Å²) in [6.45, 7) is 13.4. The molecular weight excluding hydrogens is 540 g/mol. The van der Waals surface area contributed by atoms with Crippen molar-refractivity contribution in [2.24, 2.45) is 0 Å². The van der Waals surface area contributed by atoms with Gasteiger partial charge in [-0.15, -0.1) is 0 Å². The minimum absolute atomic E-state index is 0.00684. The molecule has 6 aromatic rings. The van der Waals surface area contributed by atoms with E-state index in [9.17, 15) is 9.90 Å². The molecule has 4 nitrogen and oxygen atoms in total. The molecule has 1 aromatic heterocycles. The van der Waals surface area contributed by atoms with Gasteiger partial charge in [-0.25, -0.2) is 0 Å². The summed E-state index contributed by atoms with van der Waals surface area (Å²) in [4.78, 5) is 15.9. The summed E-state index contributed by atoms with van der Waals surface area (Å²) < 4.78 is 2.21. The Labute approximate surface area is 259 Å². The minimum atomic E-state index is -1.09. The van der Waals surface area contributed by atoms with Gasteiger partial charge in [0, 0.05) is 22.0 Å². The maximum Gasteiger partial charge on any atom is 0.263 e. The standard InChI is InChI=1S/C40H38N2O2/c1-39(2,3)27-18-20-33-31(23-27)32-24-28(40(4,5)6)19-21-34(32)42(33)35-17-11-16-30-36(35)38(44)41(37(30)43)29-15-10-14-26(22-29)25-12-8-7-9-13-25/h7-24,37,43H,1-6H3. The largest absolute Gasteiger partial charge is 0.369 e. The fourth-order valence-electron chi connectivity index (χ4n) is 6.50. The number of carbonyl (C=O) groups excluding carboxylic acids is 1. The van der Waals surface area contributed by atoms with E-state index in [2.05, 4.69) is 82.5 Å². The number of anilines is 1. The molecule has 220 valence electrons. The zero-order valence-electron chi connectivity index (χ0n) is 26.2. The van der Waals surface area contributed by atoms with E-state index in [4.69, 9.17) is 0 Å². The third-order valence-corrected chi connectivity index (χ3v) is 9.00. The summed E-state index contributed by atoms with van der Waals surface area (Å²) in [6.07, 6.45) is -1.09. The van der Waals surface area contributed by atoms with Crippen molar-refractivity contribution in [1.29, 1.82) is 0 Å². The van der Waals surface area contributed by atoms with E-state index in [1.54, 1.807) is 0 Å². The molecule has 0 spiro atoms. The molecule has 0 radical (unpaired) electrons. The number of hydrogen-bond donors (Lipinski definition) is 1. The summed E-state index contributed by atoms with van der Waals surface area (Å²) in [6, 6.07) is 37.1. The Morgan fingerprint density at radius 3 is 1.77 bits per heavy atom. The van der Waals surface area contributed by atoms with Crippen LogP contribution in [-0.2, 0) is 10.8 Å². The number of benzene rings is 5. The Bertz CT molecular complexity index is 2000. The first-order valence-corrected chi connectivity index (χ1v) is 15.3. The number of aliphatic hydroxyl groups is 1. The molecule has 0 saturated heterocycles. The Morgan fingerprint density at radius 1 is 0.614 bits per heavy atom. The number of aromatic nitrogens is 1. The summed E-state index contributed by atoms with van der Waals surface area (Å²) >= 11 is 0. The summed E-state index contributed by atoms with van der Waals surface area (Å²) in [5.74, 6) is -0.207. The molecule has 0 aliphatic carbocycles. The third-order valence-electron chi connectivity index (χ3n) is 9.00. The van der Waals surface area contributed by atoms with Crippen molar-refractivity contribution in [3.05, 3.63) is 131 Å². The zero-order valence-corrected chi connectivity index (χ0v) is 26.2. The molecule has 1 aliphatic rings. The van der Waals surface area contributed by atoms with E-state index in [0.717, 1.165) is 38.6 Å². The maximum absolute atomic E-state index is 14.4. The van der Waals surface area contributed by atoms with Crippen LogP contribution in [0.4, 0.5) is 5.69 Å². The Hall–Kier alpha value is -4.67. The van der Waals surface area contributed by atoms with Crippen LogP contribution < -0.4 is 4.90 Å². The molecule has 1 N–H and O–H groups in total. The Morgan fingerprint density at radius 2 is 1.18 bits per heavy atom. The highest BCUT2D eigenvalue weighted by atomic mass is 16.3. The minimum Gasteiger partial charge on any atom is -0.369 e. The van der Waals surface area contributed by atoms with Crippen LogP contribution >= 0.6 is 0 Å². The maximum atomic E-state index is 14.4. The summed E-state index contributed by atoms with van der Waals surface area (Å²) in [7, 11) is 0. The molecule has 1 atom stereocenters. The molecule has 1 unspecified atom stereocenters. The monoisotopic (exact) mass is 578 g/mol. The number of fused-ring (bicyclic) bond motifs is 4. The molecule has 0 bridgehead atoms. The molecule has 2 heterocycles. The molecule has 7 rings (SSSR count).